The molecular formula is C25H27N3O2. The van der Waals surface area contributed by atoms with E-state index in [9.17, 15) is 9.59 Å². The maximum atomic E-state index is 12.6. The van der Waals surface area contributed by atoms with Crippen LogP contribution in [-0.2, 0) is 22.6 Å². The third-order valence-electron chi connectivity index (χ3n) is 5.81. The smallest absolute Gasteiger partial charge is 0.234 e. The fourth-order valence-electron chi connectivity index (χ4n) is 4.20. The molecule has 2 amide bonds. The summed E-state index contributed by atoms with van der Waals surface area (Å²) >= 11 is 0. The van der Waals surface area contributed by atoms with Crippen molar-refractivity contribution in [2.24, 2.45) is 5.73 Å². The van der Waals surface area contributed by atoms with Crippen molar-refractivity contribution in [1.29, 1.82) is 0 Å². The third kappa shape index (κ3) is 4.69. The van der Waals surface area contributed by atoms with Crippen LogP contribution in [0.2, 0.25) is 0 Å². The van der Waals surface area contributed by atoms with Gasteiger partial charge in [0.2, 0.25) is 11.8 Å². The van der Waals surface area contributed by atoms with Crippen molar-refractivity contribution in [3.63, 3.8) is 0 Å². The Morgan fingerprint density at radius 1 is 1.00 bits per heavy atom. The molecule has 0 saturated carbocycles. The van der Waals surface area contributed by atoms with E-state index in [1.54, 1.807) is 0 Å². The minimum Gasteiger partial charge on any atom is -0.368 e. The van der Waals surface area contributed by atoms with Crippen molar-refractivity contribution in [2.75, 3.05) is 11.9 Å². The first kappa shape index (κ1) is 20.1. The predicted molar refractivity (Wildman–Crippen MR) is 120 cm³/mol. The number of fused-ring (bicyclic) bond motifs is 1. The van der Waals surface area contributed by atoms with E-state index in [0.29, 0.717) is 19.4 Å². The predicted octanol–water partition coefficient (Wildman–Crippen LogP) is 3.86. The Hall–Kier alpha value is -3.18. The van der Waals surface area contributed by atoms with Gasteiger partial charge < -0.3 is 11.1 Å². The Kier molecular flexibility index (Phi) is 6.10. The first-order valence-electron chi connectivity index (χ1n) is 10.5. The molecule has 3 aromatic carbocycles. The fraction of sp³-hybridized carbons (Fsp3) is 0.280. The summed E-state index contributed by atoms with van der Waals surface area (Å²) in [7, 11) is 0. The average Bonchev–Trinajstić information content (AvgIpc) is 3.22. The molecule has 5 heteroatoms. The lowest BCUT2D eigenvalue weighted by Gasteiger charge is -2.23. The molecule has 154 valence electrons. The Balaban J connectivity index is 1.39. The van der Waals surface area contributed by atoms with Crippen LogP contribution in [0.3, 0.4) is 0 Å². The molecule has 3 N–H and O–H groups in total. The maximum Gasteiger partial charge on any atom is 0.234 e. The number of carbonyl (C=O) groups excluding carboxylic acids is 2. The minimum atomic E-state index is -0.274. The summed E-state index contributed by atoms with van der Waals surface area (Å²) in [4.78, 5) is 26.4. The van der Waals surface area contributed by atoms with E-state index < -0.39 is 0 Å². The second-order valence-corrected chi connectivity index (χ2v) is 7.92. The Morgan fingerprint density at radius 3 is 2.60 bits per heavy atom. The lowest BCUT2D eigenvalue weighted by Crippen LogP contribution is -2.39. The minimum absolute atomic E-state index is 0.0107. The summed E-state index contributed by atoms with van der Waals surface area (Å²) in [6, 6.07) is 22.1. The van der Waals surface area contributed by atoms with Gasteiger partial charge in [-0.05, 0) is 53.8 Å². The van der Waals surface area contributed by atoms with Crippen molar-refractivity contribution in [1.82, 2.24) is 4.90 Å². The van der Waals surface area contributed by atoms with Crippen LogP contribution >= 0.6 is 0 Å². The van der Waals surface area contributed by atoms with Crippen LogP contribution in [0.5, 0.6) is 0 Å². The average molecular weight is 402 g/mol. The highest BCUT2D eigenvalue weighted by Crippen LogP contribution is 2.24. The van der Waals surface area contributed by atoms with E-state index in [1.807, 2.05) is 36.4 Å². The van der Waals surface area contributed by atoms with Gasteiger partial charge >= 0.3 is 0 Å². The summed E-state index contributed by atoms with van der Waals surface area (Å²) in [5, 5.41) is 5.45. The summed E-state index contributed by atoms with van der Waals surface area (Å²) in [5.74, 6) is -0.284. The maximum absolute atomic E-state index is 12.6. The zero-order chi connectivity index (χ0) is 20.9. The number of aryl methyl sites for hydroxylation is 1. The van der Waals surface area contributed by atoms with Crippen LogP contribution in [0, 0.1) is 0 Å². The van der Waals surface area contributed by atoms with E-state index in [-0.39, 0.29) is 17.9 Å². The Labute approximate surface area is 176 Å². The number of amides is 2. The van der Waals surface area contributed by atoms with E-state index in [0.717, 1.165) is 36.2 Å². The lowest BCUT2D eigenvalue weighted by molar-refractivity contribution is -0.122. The molecule has 4 rings (SSSR count). The Morgan fingerprint density at radius 2 is 1.77 bits per heavy atom. The molecule has 30 heavy (non-hydrogen) atoms. The van der Waals surface area contributed by atoms with Crippen molar-refractivity contribution < 1.29 is 9.59 Å². The largest absolute Gasteiger partial charge is 0.368 e. The third-order valence-corrected chi connectivity index (χ3v) is 5.81. The number of hydrogen-bond acceptors (Lipinski definition) is 3. The number of likely N-dealkylation sites (tertiary alicyclic amines) is 1. The number of benzene rings is 3. The van der Waals surface area contributed by atoms with Gasteiger partial charge in [-0.2, -0.15) is 0 Å². The molecule has 3 aromatic rings. The number of para-hydroxylation sites is 1. The number of anilines is 1. The number of nitrogens with one attached hydrogen (secondary N) is 1. The molecule has 0 aliphatic carbocycles. The monoisotopic (exact) mass is 401 g/mol. The molecule has 1 heterocycles. The van der Waals surface area contributed by atoms with Crippen molar-refractivity contribution in [2.45, 2.75) is 38.3 Å². The first-order chi connectivity index (χ1) is 14.6. The van der Waals surface area contributed by atoms with Crippen molar-refractivity contribution in [3.8, 4) is 0 Å². The highest BCUT2D eigenvalue weighted by molar-refractivity contribution is 5.92. The number of nitrogens with zero attached hydrogens (tertiary/aromatic N) is 1. The Bertz CT molecular complexity index is 1060. The van der Waals surface area contributed by atoms with Gasteiger partial charge in [0, 0.05) is 18.7 Å². The van der Waals surface area contributed by atoms with Gasteiger partial charge in [0.15, 0.2) is 0 Å². The van der Waals surface area contributed by atoms with Gasteiger partial charge in [0.05, 0.1) is 6.04 Å². The molecule has 0 bridgehead atoms. The SMILES string of the molecule is NC(=O)C1CCCN1Cc1ccccc1NC(=O)CCc1ccc2ccccc2c1. The number of nitrogens with two attached hydrogens (primary N) is 1. The second-order valence-electron chi connectivity index (χ2n) is 7.92. The molecule has 5 nitrogen and oxygen atoms in total. The van der Waals surface area contributed by atoms with Crippen molar-refractivity contribution in [3.05, 3.63) is 77.9 Å². The molecule has 1 aliphatic heterocycles. The zero-order valence-electron chi connectivity index (χ0n) is 17.0. The molecule has 0 radical (unpaired) electrons. The summed E-state index contributed by atoms with van der Waals surface area (Å²) in [5.41, 5.74) is 8.50. The summed E-state index contributed by atoms with van der Waals surface area (Å²) in [6.45, 7) is 1.45. The van der Waals surface area contributed by atoms with Crippen LogP contribution in [0.25, 0.3) is 10.8 Å². The van der Waals surface area contributed by atoms with E-state index in [1.165, 1.54) is 10.8 Å². The van der Waals surface area contributed by atoms with Crippen molar-refractivity contribution >= 4 is 28.3 Å². The van der Waals surface area contributed by atoms with E-state index >= 15 is 0 Å². The molecule has 1 aliphatic rings. The standard InChI is InChI=1S/C25H27N3O2/c26-25(30)23-10-5-15-28(23)17-21-8-3-4-9-22(21)27-24(29)14-12-18-11-13-19-6-1-2-7-20(19)16-18/h1-4,6-9,11,13,16,23H,5,10,12,14-15,17H2,(H2,26,30)(H,27,29). The zero-order valence-corrected chi connectivity index (χ0v) is 17.0. The molecule has 1 fully saturated rings. The van der Waals surface area contributed by atoms with Gasteiger partial charge in [0.25, 0.3) is 0 Å². The van der Waals surface area contributed by atoms with Crippen LogP contribution in [0.1, 0.15) is 30.4 Å². The van der Waals surface area contributed by atoms with Gasteiger partial charge in [-0.15, -0.1) is 0 Å². The van der Waals surface area contributed by atoms with Gasteiger partial charge in [0.1, 0.15) is 0 Å². The van der Waals surface area contributed by atoms with E-state index in [2.05, 4.69) is 40.5 Å². The van der Waals surface area contributed by atoms with Gasteiger partial charge in [-0.3, -0.25) is 14.5 Å². The molecule has 0 spiro atoms. The van der Waals surface area contributed by atoms with Crippen LogP contribution in [0.15, 0.2) is 66.7 Å². The number of carbonyl (C=O) groups is 2. The molecule has 1 saturated heterocycles. The highest BCUT2D eigenvalue weighted by Gasteiger charge is 2.29. The number of rotatable bonds is 7. The number of primary amides is 1. The number of hydrogen-bond donors (Lipinski definition) is 2. The summed E-state index contributed by atoms with van der Waals surface area (Å²) < 4.78 is 0. The van der Waals surface area contributed by atoms with Crippen LogP contribution < -0.4 is 11.1 Å². The van der Waals surface area contributed by atoms with Crippen LogP contribution in [-0.4, -0.2) is 29.3 Å². The van der Waals surface area contributed by atoms with E-state index in [4.69, 9.17) is 5.73 Å². The molecule has 1 unspecified atom stereocenters. The van der Waals surface area contributed by atoms with Gasteiger partial charge in [-0.25, -0.2) is 0 Å². The quantitative estimate of drug-likeness (QED) is 0.631. The molecule has 1 atom stereocenters. The highest BCUT2D eigenvalue weighted by atomic mass is 16.2. The topological polar surface area (TPSA) is 75.4 Å². The second kappa shape index (κ2) is 9.09. The van der Waals surface area contributed by atoms with Crippen LogP contribution in [0.4, 0.5) is 5.69 Å². The molecule has 0 aromatic heterocycles. The first-order valence-corrected chi connectivity index (χ1v) is 10.5. The van der Waals surface area contributed by atoms with Gasteiger partial charge in [-0.1, -0.05) is 60.7 Å². The lowest BCUT2D eigenvalue weighted by atomic mass is 10.0. The normalized spacial score (nSPS) is 16.6. The fourth-order valence-corrected chi connectivity index (χ4v) is 4.20. The molecular weight excluding hydrogens is 374 g/mol. The summed E-state index contributed by atoms with van der Waals surface area (Å²) in [6.07, 6.45) is 2.87.